The van der Waals surface area contributed by atoms with Crippen LogP contribution in [0.5, 0.6) is 11.5 Å². The number of methoxy groups -OCH3 is 1. The first-order valence-electron chi connectivity index (χ1n) is 6.04. The van der Waals surface area contributed by atoms with Gasteiger partial charge in [0.1, 0.15) is 18.0 Å². The van der Waals surface area contributed by atoms with Crippen molar-refractivity contribution in [2.75, 3.05) is 13.7 Å². The molecule has 0 saturated heterocycles. The van der Waals surface area contributed by atoms with Crippen molar-refractivity contribution in [3.63, 3.8) is 0 Å². The van der Waals surface area contributed by atoms with Crippen LogP contribution in [0, 0.1) is 12.1 Å². The van der Waals surface area contributed by atoms with Crippen molar-refractivity contribution < 1.29 is 9.47 Å². The third-order valence-corrected chi connectivity index (χ3v) is 2.68. The van der Waals surface area contributed by atoms with Gasteiger partial charge in [0.15, 0.2) is 11.5 Å². The summed E-state index contributed by atoms with van der Waals surface area (Å²) in [6, 6.07) is 3.77. The third kappa shape index (κ3) is 2.70. The second-order valence-electron chi connectivity index (χ2n) is 4.51. The summed E-state index contributed by atoms with van der Waals surface area (Å²) in [6.07, 6.45) is 5.35. The number of benzene rings is 1. The van der Waals surface area contributed by atoms with Crippen molar-refractivity contribution in [2.45, 2.75) is 20.3 Å². The molecule has 0 bridgehead atoms. The monoisotopic (exact) mass is 245 g/mol. The van der Waals surface area contributed by atoms with E-state index in [0.29, 0.717) is 18.3 Å². The maximum absolute atomic E-state index is 5.75. The van der Waals surface area contributed by atoms with Crippen molar-refractivity contribution in [3.8, 4) is 11.5 Å². The fraction of sp³-hybridized carbons (Fsp3) is 0.429. The maximum atomic E-state index is 5.75. The van der Waals surface area contributed by atoms with Crippen LogP contribution in [0.4, 0.5) is 0 Å². The summed E-state index contributed by atoms with van der Waals surface area (Å²) < 4.78 is 11.1. The zero-order valence-electron chi connectivity index (χ0n) is 10.9. The fourth-order valence-corrected chi connectivity index (χ4v) is 1.67. The largest absolute Gasteiger partial charge is 0.491 e. The molecule has 0 aliphatic heterocycles. The Morgan fingerprint density at radius 3 is 2.89 bits per heavy atom. The average Bonchev–Trinajstić information content (AvgIpc) is 2.38. The Morgan fingerprint density at radius 2 is 2.17 bits per heavy atom. The van der Waals surface area contributed by atoms with Gasteiger partial charge in [0.05, 0.1) is 13.7 Å². The quantitative estimate of drug-likeness (QED) is 0.812. The van der Waals surface area contributed by atoms with Crippen molar-refractivity contribution in [1.29, 1.82) is 0 Å². The predicted octanol–water partition coefficient (Wildman–Crippen LogP) is 2.86. The normalized spacial score (nSPS) is 10.9. The molecule has 0 atom stereocenters. The van der Waals surface area contributed by atoms with E-state index in [1.807, 2.05) is 12.1 Å². The highest BCUT2D eigenvalue weighted by Gasteiger charge is 2.10. The number of nitrogens with zero attached hydrogens (tertiary/aromatic N) is 2. The van der Waals surface area contributed by atoms with Gasteiger partial charge in [-0.05, 0) is 24.5 Å². The molecule has 4 heteroatoms. The Hall–Kier alpha value is -1.84. The molecule has 2 aromatic rings. The van der Waals surface area contributed by atoms with Gasteiger partial charge in [-0.1, -0.05) is 13.8 Å². The second-order valence-corrected chi connectivity index (χ2v) is 4.51. The van der Waals surface area contributed by atoms with Crippen molar-refractivity contribution >= 4 is 10.9 Å². The minimum Gasteiger partial charge on any atom is -0.491 e. The molecule has 1 aromatic heterocycles. The van der Waals surface area contributed by atoms with Crippen molar-refractivity contribution in [3.05, 3.63) is 24.7 Å². The van der Waals surface area contributed by atoms with E-state index in [0.717, 1.165) is 23.1 Å². The number of fused-ring (bicyclic) bond motifs is 1. The zero-order chi connectivity index (χ0) is 13.0. The molecule has 0 amide bonds. The van der Waals surface area contributed by atoms with Gasteiger partial charge in [-0.25, -0.2) is 9.97 Å². The van der Waals surface area contributed by atoms with E-state index in [1.54, 1.807) is 7.11 Å². The van der Waals surface area contributed by atoms with Gasteiger partial charge >= 0.3 is 0 Å². The molecule has 0 spiro atoms. The van der Waals surface area contributed by atoms with Crippen LogP contribution in [0.1, 0.15) is 20.3 Å². The van der Waals surface area contributed by atoms with Crippen LogP contribution in [-0.2, 0) is 0 Å². The van der Waals surface area contributed by atoms with Gasteiger partial charge in [-0.15, -0.1) is 0 Å². The topological polar surface area (TPSA) is 44.2 Å². The lowest BCUT2D eigenvalue weighted by Crippen LogP contribution is -2.03. The highest BCUT2D eigenvalue weighted by atomic mass is 16.5. The lowest BCUT2D eigenvalue weighted by atomic mass is 10.1. The highest BCUT2D eigenvalue weighted by molar-refractivity contribution is 5.85. The number of hydrogen-bond donors (Lipinski definition) is 0. The minimum atomic E-state index is 0.618. The molecule has 0 aliphatic rings. The number of hydrogen-bond acceptors (Lipinski definition) is 4. The van der Waals surface area contributed by atoms with E-state index in [2.05, 4.69) is 30.0 Å². The first-order valence-corrected chi connectivity index (χ1v) is 6.04. The smallest absolute Gasteiger partial charge is 0.187 e. The molecule has 0 N–H and O–H groups in total. The molecule has 0 fully saturated rings. The van der Waals surface area contributed by atoms with Gasteiger partial charge < -0.3 is 9.47 Å². The average molecular weight is 245 g/mol. The van der Waals surface area contributed by atoms with E-state index < -0.39 is 0 Å². The predicted molar refractivity (Wildman–Crippen MR) is 69.9 cm³/mol. The van der Waals surface area contributed by atoms with Crippen LogP contribution >= 0.6 is 0 Å². The number of ether oxygens (including phenoxy) is 2. The summed E-state index contributed by atoms with van der Waals surface area (Å²) in [7, 11) is 1.62. The van der Waals surface area contributed by atoms with Gasteiger partial charge in [0.25, 0.3) is 0 Å². The van der Waals surface area contributed by atoms with Crippen LogP contribution in [-0.4, -0.2) is 23.7 Å². The van der Waals surface area contributed by atoms with Crippen LogP contribution < -0.4 is 9.47 Å². The summed E-state index contributed by atoms with van der Waals surface area (Å²) in [6.45, 7) is 5.01. The van der Waals surface area contributed by atoms with E-state index in [4.69, 9.17) is 9.47 Å². The molecule has 4 nitrogen and oxygen atoms in total. The van der Waals surface area contributed by atoms with E-state index in [-0.39, 0.29) is 0 Å². The molecule has 0 aliphatic carbocycles. The molecule has 1 aromatic carbocycles. The first-order chi connectivity index (χ1) is 8.72. The SMILES string of the molecule is COc1c(OCCC(C)C)ccc2[c]ncnc12. The Balaban J connectivity index is 2.27. The molecule has 2 rings (SSSR count). The third-order valence-electron chi connectivity index (χ3n) is 2.68. The summed E-state index contributed by atoms with van der Waals surface area (Å²) in [4.78, 5) is 8.08. The van der Waals surface area contributed by atoms with Crippen LogP contribution in [0.2, 0.25) is 0 Å². The molecule has 1 heterocycles. The molecular formula is C14H17N2O2. The Labute approximate surface area is 107 Å². The molecule has 0 saturated carbocycles. The number of aromatic nitrogens is 2. The molecule has 1 radical (unpaired) electrons. The molecule has 0 unspecified atom stereocenters. The van der Waals surface area contributed by atoms with E-state index in [9.17, 15) is 0 Å². The van der Waals surface area contributed by atoms with Crippen LogP contribution in [0.25, 0.3) is 10.9 Å². The Morgan fingerprint density at radius 1 is 1.33 bits per heavy atom. The standard InChI is InChI=1S/C14H17N2O2/c1-10(2)6-7-18-12-5-4-11-8-15-9-16-13(11)14(12)17-3/h4-5,9-10H,6-7H2,1-3H3. The van der Waals surface area contributed by atoms with Gasteiger partial charge in [0, 0.05) is 5.39 Å². The minimum absolute atomic E-state index is 0.618. The number of rotatable bonds is 5. The van der Waals surface area contributed by atoms with Crippen LogP contribution in [0.3, 0.4) is 0 Å². The second kappa shape index (κ2) is 5.67. The lowest BCUT2D eigenvalue weighted by molar-refractivity contribution is 0.274. The maximum Gasteiger partial charge on any atom is 0.187 e. The zero-order valence-corrected chi connectivity index (χ0v) is 10.9. The van der Waals surface area contributed by atoms with Crippen molar-refractivity contribution in [1.82, 2.24) is 9.97 Å². The highest BCUT2D eigenvalue weighted by Crippen LogP contribution is 2.33. The summed E-state index contributed by atoms with van der Waals surface area (Å²) in [5.41, 5.74) is 0.731. The summed E-state index contributed by atoms with van der Waals surface area (Å²) in [5, 5.41) is 0.825. The van der Waals surface area contributed by atoms with Crippen LogP contribution in [0.15, 0.2) is 18.5 Å². The van der Waals surface area contributed by atoms with E-state index >= 15 is 0 Å². The molecule has 95 valence electrons. The molecular weight excluding hydrogens is 228 g/mol. The lowest BCUT2D eigenvalue weighted by Gasteiger charge is -2.12. The van der Waals surface area contributed by atoms with Gasteiger partial charge in [-0.2, -0.15) is 0 Å². The van der Waals surface area contributed by atoms with Gasteiger partial charge in [0.2, 0.25) is 0 Å². The fourth-order valence-electron chi connectivity index (χ4n) is 1.67. The molecule has 18 heavy (non-hydrogen) atoms. The van der Waals surface area contributed by atoms with Crippen molar-refractivity contribution in [2.24, 2.45) is 5.92 Å². The summed E-state index contributed by atoms with van der Waals surface area (Å²) in [5.74, 6) is 1.99. The summed E-state index contributed by atoms with van der Waals surface area (Å²) >= 11 is 0. The first kappa shape index (κ1) is 12.6. The Kier molecular flexibility index (Phi) is 3.97. The Bertz CT molecular complexity index is 526. The van der Waals surface area contributed by atoms with E-state index in [1.165, 1.54) is 6.33 Å². The van der Waals surface area contributed by atoms with Gasteiger partial charge in [-0.3, -0.25) is 0 Å².